The lowest BCUT2D eigenvalue weighted by molar-refractivity contribution is -0.153. The molecule has 4 rings (SSSR count). The third kappa shape index (κ3) is 5.23. The number of carbonyl (C=O) groups is 3. The van der Waals surface area contributed by atoms with Crippen LogP contribution >= 0.6 is 11.8 Å². The minimum Gasteiger partial charge on any atom is -0.497 e. The van der Waals surface area contributed by atoms with Crippen LogP contribution in [-0.2, 0) is 19.1 Å². The van der Waals surface area contributed by atoms with Gasteiger partial charge in [-0.1, -0.05) is 38.5 Å². The standard InChI is InChI=1S/C30H40N2O6S/c1-5-15-31(21-11-13-22(37-4)14-12-21)28(35)26-30-20(3)19-23(39-30)24(29(36)38-18-6-2)25(30)27(34)32(26)16-9-7-8-10-17-33/h5-6,11-14,20,23-26,33H,1-2,7-10,15-19H2,3-4H3/t20?,23-,24+,25+,26?,30?/m1/s1. The number of likely N-dealkylation sites (tertiary alicyclic amines) is 1. The summed E-state index contributed by atoms with van der Waals surface area (Å²) in [4.78, 5) is 45.4. The third-order valence-corrected chi connectivity index (χ3v) is 10.4. The second kappa shape index (κ2) is 12.6. The van der Waals surface area contributed by atoms with Gasteiger partial charge in [0.15, 0.2) is 0 Å². The van der Waals surface area contributed by atoms with Crippen molar-refractivity contribution >= 4 is 35.2 Å². The van der Waals surface area contributed by atoms with E-state index in [1.165, 1.54) is 6.08 Å². The molecule has 8 nitrogen and oxygen atoms in total. The molecule has 3 aliphatic heterocycles. The van der Waals surface area contributed by atoms with Crippen molar-refractivity contribution in [2.24, 2.45) is 17.8 Å². The molecular formula is C30H40N2O6S. The summed E-state index contributed by atoms with van der Waals surface area (Å²) in [6, 6.07) is 6.58. The first-order valence-corrected chi connectivity index (χ1v) is 14.7. The second-order valence-corrected chi connectivity index (χ2v) is 12.1. The number of hydrogen-bond donors (Lipinski definition) is 1. The van der Waals surface area contributed by atoms with Crippen LogP contribution in [0.5, 0.6) is 5.75 Å². The lowest BCUT2D eigenvalue weighted by Crippen LogP contribution is -2.57. The van der Waals surface area contributed by atoms with Gasteiger partial charge in [-0.3, -0.25) is 14.4 Å². The Bertz CT molecular complexity index is 1080. The minimum absolute atomic E-state index is 0.0675. The molecule has 3 unspecified atom stereocenters. The molecule has 1 aromatic carbocycles. The monoisotopic (exact) mass is 556 g/mol. The number of thioether (sulfide) groups is 1. The Morgan fingerprint density at radius 3 is 2.54 bits per heavy atom. The summed E-state index contributed by atoms with van der Waals surface area (Å²) in [5.74, 6) is -1.11. The van der Waals surface area contributed by atoms with Crippen molar-refractivity contribution in [2.45, 2.75) is 55.1 Å². The molecule has 1 spiro atoms. The highest BCUT2D eigenvalue weighted by molar-refractivity contribution is 8.02. The van der Waals surface area contributed by atoms with Crippen LogP contribution in [0.1, 0.15) is 39.0 Å². The van der Waals surface area contributed by atoms with Gasteiger partial charge in [0.2, 0.25) is 5.91 Å². The van der Waals surface area contributed by atoms with Crippen molar-refractivity contribution in [2.75, 3.05) is 38.3 Å². The highest BCUT2D eigenvalue weighted by Crippen LogP contribution is 2.68. The number of hydrogen-bond acceptors (Lipinski definition) is 7. The Morgan fingerprint density at radius 2 is 1.90 bits per heavy atom. The normalized spacial score (nSPS) is 28.7. The van der Waals surface area contributed by atoms with E-state index in [1.54, 1.807) is 34.7 Å². The molecule has 0 radical (unpaired) electrons. The maximum atomic E-state index is 14.6. The van der Waals surface area contributed by atoms with Crippen LogP contribution in [0.15, 0.2) is 49.6 Å². The van der Waals surface area contributed by atoms with E-state index >= 15 is 0 Å². The molecule has 3 saturated heterocycles. The minimum atomic E-state index is -0.715. The fourth-order valence-electron chi connectivity index (χ4n) is 6.65. The van der Waals surface area contributed by atoms with Gasteiger partial charge in [0.05, 0.1) is 23.7 Å². The lowest BCUT2D eigenvalue weighted by atomic mass is 9.66. The molecule has 3 aliphatic rings. The van der Waals surface area contributed by atoms with Gasteiger partial charge < -0.3 is 24.4 Å². The van der Waals surface area contributed by atoms with Crippen molar-refractivity contribution < 1.29 is 29.0 Å². The molecule has 212 valence electrons. The van der Waals surface area contributed by atoms with E-state index in [0.717, 1.165) is 25.7 Å². The number of aliphatic hydroxyl groups excluding tert-OH is 1. The second-order valence-electron chi connectivity index (χ2n) is 10.6. The van der Waals surface area contributed by atoms with Gasteiger partial charge in [-0.05, 0) is 49.4 Å². The number of unbranched alkanes of at least 4 members (excludes halogenated alkanes) is 3. The highest BCUT2D eigenvalue weighted by atomic mass is 32.2. The number of anilines is 1. The fourth-order valence-corrected chi connectivity index (χ4v) is 9.06. The predicted octanol–water partition coefficient (Wildman–Crippen LogP) is 3.83. The van der Waals surface area contributed by atoms with Gasteiger partial charge in [-0.25, -0.2) is 0 Å². The van der Waals surface area contributed by atoms with Crippen LogP contribution in [0, 0.1) is 17.8 Å². The SMILES string of the molecule is C=CCOC(=O)[C@@H]1[C@H]2C(=O)N(CCCCCCO)C(C(=O)N(CC=C)c3ccc(OC)cc3)C23S[C@@H]1CC3C. The van der Waals surface area contributed by atoms with Crippen molar-refractivity contribution in [3.63, 3.8) is 0 Å². The van der Waals surface area contributed by atoms with E-state index < -0.39 is 22.6 Å². The molecule has 2 bridgehead atoms. The maximum absolute atomic E-state index is 14.6. The molecule has 0 aromatic heterocycles. The first-order valence-electron chi connectivity index (χ1n) is 13.8. The van der Waals surface area contributed by atoms with Gasteiger partial charge in [-0.2, -0.15) is 0 Å². The largest absolute Gasteiger partial charge is 0.497 e. The summed E-state index contributed by atoms with van der Waals surface area (Å²) in [7, 11) is 1.59. The van der Waals surface area contributed by atoms with Crippen LogP contribution in [0.3, 0.4) is 0 Å². The molecule has 0 saturated carbocycles. The van der Waals surface area contributed by atoms with Gasteiger partial charge >= 0.3 is 5.97 Å². The Hall–Kier alpha value is -2.78. The molecule has 9 heteroatoms. The van der Waals surface area contributed by atoms with Crippen LogP contribution in [0.4, 0.5) is 5.69 Å². The van der Waals surface area contributed by atoms with E-state index in [4.69, 9.17) is 14.6 Å². The average Bonchev–Trinajstić information content (AvgIpc) is 3.53. The highest BCUT2D eigenvalue weighted by Gasteiger charge is 2.76. The summed E-state index contributed by atoms with van der Waals surface area (Å²) < 4.78 is 10.0. The number of carbonyl (C=O) groups excluding carboxylic acids is 3. The number of ether oxygens (including phenoxy) is 2. The van der Waals surface area contributed by atoms with Gasteiger partial charge in [0, 0.05) is 30.6 Å². The average molecular weight is 557 g/mol. The number of rotatable bonds is 14. The summed E-state index contributed by atoms with van der Waals surface area (Å²) in [5, 5.41) is 9.09. The maximum Gasteiger partial charge on any atom is 0.311 e. The van der Waals surface area contributed by atoms with Gasteiger partial charge in [0.25, 0.3) is 5.91 Å². The molecule has 3 heterocycles. The summed E-state index contributed by atoms with van der Waals surface area (Å²) in [6.45, 7) is 10.6. The molecule has 2 amide bonds. The summed E-state index contributed by atoms with van der Waals surface area (Å²) >= 11 is 1.64. The smallest absolute Gasteiger partial charge is 0.311 e. The van der Waals surface area contributed by atoms with E-state index in [0.29, 0.717) is 24.4 Å². The summed E-state index contributed by atoms with van der Waals surface area (Å²) in [6.07, 6.45) is 7.08. The first-order chi connectivity index (χ1) is 18.8. The summed E-state index contributed by atoms with van der Waals surface area (Å²) in [5.41, 5.74) is 0.697. The number of esters is 1. The molecule has 1 aromatic rings. The molecule has 39 heavy (non-hydrogen) atoms. The van der Waals surface area contributed by atoms with Crippen molar-refractivity contribution in [3.05, 3.63) is 49.6 Å². The molecule has 0 aliphatic carbocycles. The lowest BCUT2D eigenvalue weighted by Gasteiger charge is -2.40. The van der Waals surface area contributed by atoms with Gasteiger partial charge in [-0.15, -0.1) is 18.3 Å². The van der Waals surface area contributed by atoms with E-state index in [2.05, 4.69) is 20.1 Å². The zero-order chi connectivity index (χ0) is 28.2. The number of aliphatic hydroxyl groups is 1. The van der Waals surface area contributed by atoms with Crippen LogP contribution in [0.25, 0.3) is 0 Å². The van der Waals surface area contributed by atoms with E-state index in [9.17, 15) is 14.4 Å². The Kier molecular flexibility index (Phi) is 9.43. The van der Waals surface area contributed by atoms with E-state index in [1.807, 2.05) is 24.3 Å². The zero-order valence-corrected chi connectivity index (χ0v) is 23.7. The number of amides is 2. The topological polar surface area (TPSA) is 96.4 Å². The zero-order valence-electron chi connectivity index (χ0n) is 22.9. The number of methoxy groups -OCH3 is 1. The Labute approximate surface area is 235 Å². The van der Waals surface area contributed by atoms with E-state index in [-0.39, 0.29) is 48.7 Å². The number of benzene rings is 1. The molecule has 1 N–H and O–H groups in total. The van der Waals surface area contributed by atoms with Crippen molar-refractivity contribution in [1.82, 2.24) is 4.90 Å². The van der Waals surface area contributed by atoms with Crippen LogP contribution in [0.2, 0.25) is 0 Å². The van der Waals surface area contributed by atoms with Crippen molar-refractivity contribution in [3.8, 4) is 5.75 Å². The fraction of sp³-hybridized carbons (Fsp3) is 0.567. The molecule has 3 fully saturated rings. The Balaban J connectivity index is 1.72. The molecular weight excluding hydrogens is 516 g/mol. The van der Waals surface area contributed by atoms with Crippen LogP contribution in [-0.4, -0.2) is 77.2 Å². The quantitative estimate of drug-likeness (QED) is 0.211. The first kappa shape index (κ1) is 29.2. The number of nitrogens with zero attached hydrogens (tertiary/aromatic N) is 2. The molecule has 6 atom stereocenters. The van der Waals surface area contributed by atoms with Gasteiger partial charge in [0.1, 0.15) is 18.4 Å². The third-order valence-electron chi connectivity index (χ3n) is 8.36. The Morgan fingerprint density at radius 1 is 1.18 bits per heavy atom. The predicted molar refractivity (Wildman–Crippen MR) is 153 cm³/mol. The number of fused-ring (bicyclic) bond motifs is 1. The van der Waals surface area contributed by atoms with Crippen molar-refractivity contribution in [1.29, 1.82) is 0 Å². The van der Waals surface area contributed by atoms with Crippen LogP contribution < -0.4 is 9.64 Å².